The van der Waals surface area contributed by atoms with Crippen molar-refractivity contribution in [3.05, 3.63) is 57.0 Å². The molecule has 0 aliphatic heterocycles. The molecule has 0 saturated heterocycles. The van der Waals surface area contributed by atoms with Crippen LogP contribution in [0.15, 0.2) is 45.3 Å². The van der Waals surface area contributed by atoms with E-state index in [1.54, 1.807) is 24.3 Å². The summed E-state index contributed by atoms with van der Waals surface area (Å²) in [6, 6.07) is 9.25. The maximum atomic E-state index is 13.5. The second kappa shape index (κ2) is 7.00. The van der Waals surface area contributed by atoms with Crippen LogP contribution in [0.3, 0.4) is 0 Å². The number of nitrogens with one attached hydrogen (secondary N) is 1. The number of rotatable bonds is 4. The summed E-state index contributed by atoms with van der Waals surface area (Å²) >= 11 is 6.30. The number of amides is 1. The van der Waals surface area contributed by atoms with Gasteiger partial charge in [-0.25, -0.2) is 4.39 Å². The Bertz CT molecular complexity index is 680. The Morgan fingerprint density at radius 1 is 1.19 bits per heavy atom. The molecule has 21 heavy (non-hydrogen) atoms. The number of para-hydroxylation sites is 1. The first-order chi connectivity index (χ1) is 9.97. The van der Waals surface area contributed by atoms with Crippen LogP contribution in [0.25, 0.3) is 0 Å². The van der Waals surface area contributed by atoms with Gasteiger partial charge in [-0.05, 0) is 40.2 Å². The Morgan fingerprint density at radius 3 is 2.62 bits per heavy atom. The van der Waals surface area contributed by atoms with Crippen molar-refractivity contribution in [3.8, 4) is 5.75 Å². The van der Waals surface area contributed by atoms with Gasteiger partial charge in [0.15, 0.2) is 18.2 Å². The van der Waals surface area contributed by atoms with Gasteiger partial charge in [-0.3, -0.25) is 4.79 Å². The highest BCUT2D eigenvalue weighted by Gasteiger charge is 2.13. The van der Waals surface area contributed by atoms with Gasteiger partial charge in [-0.15, -0.1) is 0 Å². The first-order valence-corrected chi connectivity index (χ1v) is 7.37. The largest absolute Gasteiger partial charge is 0.481 e. The van der Waals surface area contributed by atoms with Crippen molar-refractivity contribution in [3.63, 3.8) is 0 Å². The maximum absolute atomic E-state index is 13.5. The second-order valence-electron chi connectivity index (χ2n) is 4.02. The van der Waals surface area contributed by atoms with Crippen LogP contribution in [0.4, 0.5) is 14.5 Å². The summed E-state index contributed by atoms with van der Waals surface area (Å²) in [4.78, 5) is 11.7. The molecule has 0 saturated carbocycles. The number of anilines is 1. The van der Waals surface area contributed by atoms with Crippen molar-refractivity contribution in [1.29, 1.82) is 0 Å². The smallest absolute Gasteiger partial charge is 0.262 e. The number of ether oxygens (including phenoxy) is 1. The molecule has 0 radical (unpaired) electrons. The van der Waals surface area contributed by atoms with Crippen molar-refractivity contribution < 1.29 is 18.3 Å². The van der Waals surface area contributed by atoms with Crippen LogP contribution >= 0.6 is 31.9 Å². The molecule has 1 N–H and O–H groups in total. The Morgan fingerprint density at radius 2 is 1.90 bits per heavy atom. The Kier molecular flexibility index (Phi) is 5.30. The topological polar surface area (TPSA) is 38.3 Å². The summed E-state index contributed by atoms with van der Waals surface area (Å²) in [7, 11) is 0. The third kappa shape index (κ3) is 4.25. The van der Waals surface area contributed by atoms with Gasteiger partial charge in [-0.2, -0.15) is 4.39 Å². The van der Waals surface area contributed by atoms with E-state index in [0.29, 0.717) is 14.6 Å². The number of hydrogen-bond acceptors (Lipinski definition) is 2. The highest BCUT2D eigenvalue weighted by atomic mass is 79.9. The van der Waals surface area contributed by atoms with Crippen molar-refractivity contribution in [1.82, 2.24) is 0 Å². The monoisotopic (exact) mass is 419 g/mol. The van der Waals surface area contributed by atoms with E-state index >= 15 is 0 Å². The Labute approximate surface area is 136 Å². The van der Waals surface area contributed by atoms with Gasteiger partial charge in [0.05, 0.1) is 5.69 Å². The number of hydrogen-bond donors (Lipinski definition) is 1. The van der Waals surface area contributed by atoms with Crippen LogP contribution < -0.4 is 10.1 Å². The molecule has 0 aliphatic rings. The van der Waals surface area contributed by atoms with E-state index in [4.69, 9.17) is 4.74 Å². The van der Waals surface area contributed by atoms with Crippen LogP contribution in [0.5, 0.6) is 5.75 Å². The fraction of sp³-hybridized carbons (Fsp3) is 0.0714. The molecule has 110 valence electrons. The minimum atomic E-state index is -1.13. The van der Waals surface area contributed by atoms with E-state index in [2.05, 4.69) is 37.2 Å². The van der Waals surface area contributed by atoms with Crippen LogP contribution in [-0.2, 0) is 4.79 Å². The van der Waals surface area contributed by atoms with Crippen LogP contribution in [0.2, 0.25) is 0 Å². The minimum absolute atomic E-state index is 0.322. The predicted molar refractivity (Wildman–Crippen MR) is 82.3 cm³/mol. The van der Waals surface area contributed by atoms with Gasteiger partial charge >= 0.3 is 0 Å². The number of carbonyl (C=O) groups is 1. The molecule has 7 heteroatoms. The first-order valence-electron chi connectivity index (χ1n) is 5.79. The fourth-order valence-corrected chi connectivity index (χ4v) is 2.32. The summed E-state index contributed by atoms with van der Waals surface area (Å²) in [5.74, 6) is -3.00. The zero-order valence-electron chi connectivity index (χ0n) is 10.5. The Hall–Kier alpha value is -1.47. The minimum Gasteiger partial charge on any atom is -0.481 e. The molecule has 0 bridgehead atoms. The van der Waals surface area contributed by atoms with Crippen molar-refractivity contribution >= 4 is 43.5 Å². The Balaban J connectivity index is 2.00. The van der Waals surface area contributed by atoms with Crippen molar-refractivity contribution in [2.45, 2.75) is 0 Å². The molecule has 0 aromatic heterocycles. The lowest BCUT2D eigenvalue weighted by atomic mass is 10.3. The molecule has 2 rings (SSSR count). The summed E-state index contributed by atoms with van der Waals surface area (Å²) in [5, 5.41) is 2.59. The van der Waals surface area contributed by atoms with Crippen molar-refractivity contribution in [2.75, 3.05) is 11.9 Å². The highest BCUT2D eigenvalue weighted by Crippen LogP contribution is 2.25. The van der Waals surface area contributed by atoms with Gasteiger partial charge < -0.3 is 10.1 Å². The zero-order chi connectivity index (χ0) is 15.4. The average molecular weight is 421 g/mol. The zero-order valence-corrected chi connectivity index (χ0v) is 13.7. The molecule has 0 spiro atoms. The van der Waals surface area contributed by atoms with Crippen LogP contribution in [-0.4, -0.2) is 12.5 Å². The molecule has 0 fully saturated rings. The van der Waals surface area contributed by atoms with Gasteiger partial charge in [0.25, 0.3) is 5.91 Å². The van der Waals surface area contributed by atoms with E-state index in [9.17, 15) is 13.6 Å². The van der Waals surface area contributed by atoms with E-state index in [1.165, 1.54) is 6.07 Å². The van der Waals surface area contributed by atoms with E-state index < -0.39 is 24.1 Å². The van der Waals surface area contributed by atoms with Gasteiger partial charge in [0, 0.05) is 8.95 Å². The summed E-state index contributed by atoms with van der Waals surface area (Å²) < 4.78 is 32.7. The first kappa shape index (κ1) is 15.9. The number of benzene rings is 2. The predicted octanol–water partition coefficient (Wildman–Crippen LogP) is 4.51. The quantitative estimate of drug-likeness (QED) is 0.739. The van der Waals surface area contributed by atoms with Gasteiger partial charge in [0.2, 0.25) is 5.82 Å². The third-order valence-electron chi connectivity index (χ3n) is 2.47. The molecule has 2 aromatic carbocycles. The molecule has 0 unspecified atom stereocenters. The fourth-order valence-electron chi connectivity index (χ4n) is 1.53. The van der Waals surface area contributed by atoms with Crippen LogP contribution in [0.1, 0.15) is 0 Å². The van der Waals surface area contributed by atoms with Crippen LogP contribution in [0, 0.1) is 11.6 Å². The van der Waals surface area contributed by atoms with Gasteiger partial charge in [0.1, 0.15) is 0 Å². The molecular weight excluding hydrogens is 412 g/mol. The number of carbonyl (C=O) groups excluding carboxylic acids is 1. The summed E-state index contributed by atoms with van der Waals surface area (Å²) in [6.45, 7) is -0.436. The van der Waals surface area contributed by atoms with Crippen molar-refractivity contribution in [2.24, 2.45) is 0 Å². The lowest BCUT2D eigenvalue weighted by Crippen LogP contribution is -2.20. The summed E-state index contributed by atoms with van der Waals surface area (Å²) in [6.07, 6.45) is 0. The molecule has 0 aliphatic carbocycles. The standard InChI is InChI=1S/C14H9Br2F2NO2/c15-8-5-10(17)14(18)12(6-8)21-7-13(20)19-11-4-2-1-3-9(11)16/h1-6H,7H2,(H,19,20). The normalized spacial score (nSPS) is 10.3. The number of halogens is 4. The van der Waals surface area contributed by atoms with E-state index in [1.807, 2.05) is 0 Å². The molecule has 0 atom stereocenters. The highest BCUT2D eigenvalue weighted by molar-refractivity contribution is 9.10. The lowest BCUT2D eigenvalue weighted by Gasteiger charge is -2.10. The molecule has 1 amide bonds. The third-order valence-corrected chi connectivity index (χ3v) is 3.62. The molecule has 3 nitrogen and oxygen atoms in total. The summed E-state index contributed by atoms with van der Waals surface area (Å²) in [5.41, 5.74) is 0.562. The molecular formula is C14H9Br2F2NO2. The average Bonchev–Trinajstić information content (AvgIpc) is 2.44. The SMILES string of the molecule is O=C(COc1cc(Br)cc(F)c1F)Nc1ccccc1Br. The molecule has 2 aromatic rings. The molecule has 0 heterocycles. The van der Waals surface area contributed by atoms with E-state index in [-0.39, 0.29) is 5.75 Å². The second-order valence-corrected chi connectivity index (χ2v) is 5.79. The maximum Gasteiger partial charge on any atom is 0.262 e. The lowest BCUT2D eigenvalue weighted by molar-refractivity contribution is -0.118. The van der Waals surface area contributed by atoms with E-state index in [0.717, 1.165) is 6.07 Å². The van der Waals surface area contributed by atoms with Gasteiger partial charge in [-0.1, -0.05) is 28.1 Å².